The highest BCUT2D eigenvalue weighted by molar-refractivity contribution is 5.82. The van der Waals surface area contributed by atoms with Crippen LogP contribution in [0.3, 0.4) is 0 Å². The van der Waals surface area contributed by atoms with Crippen molar-refractivity contribution >= 4 is 17.1 Å². The van der Waals surface area contributed by atoms with Gasteiger partial charge in [-0.25, -0.2) is 4.52 Å². The maximum absolute atomic E-state index is 12.8. The van der Waals surface area contributed by atoms with Gasteiger partial charge < -0.3 is 14.9 Å². The van der Waals surface area contributed by atoms with Crippen LogP contribution in [0.25, 0.3) is 16.6 Å². The SMILES string of the molecule is CC(C)N1CCCC(O)(c2ccc(-c3cc4c(N5CCN(C(=O)C6CC(C#N)C6)CC5)ccnn4c3)cc2)C1. The number of β-amino-alcohol motifs (C(OH)–C–C–N with tert-alkyl or cyclic N) is 1. The van der Waals surface area contributed by atoms with Crippen LogP contribution in [0.2, 0.25) is 0 Å². The largest absolute Gasteiger partial charge is 0.384 e. The van der Waals surface area contributed by atoms with Crippen LogP contribution >= 0.6 is 0 Å². The predicted octanol–water partition coefficient (Wildman–Crippen LogP) is 3.89. The van der Waals surface area contributed by atoms with Crippen molar-refractivity contribution in [1.29, 1.82) is 5.26 Å². The minimum Gasteiger partial charge on any atom is -0.384 e. The first-order chi connectivity index (χ1) is 18.8. The molecule has 6 rings (SSSR count). The number of amides is 1. The van der Waals surface area contributed by atoms with Crippen LogP contribution in [0.15, 0.2) is 48.8 Å². The molecule has 1 atom stereocenters. The Hall–Kier alpha value is -3.41. The molecule has 0 bridgehead atoms. The average Bonchev–Trinajstić information content (AvgIpc) is 3.37. The highest BCUT2D eigenvalue weighted by atomic mass is 16.3. The number of benzene rings is 1. The summed E-state index contributed by atoms with van der Waals surface area (Å²) < 4.78 is 1.93. The maximum atomic E-state index is 12.8. The molecule has 1 aromatic carbocycles. The Kier molecular flexibility index (Phi) is 6.82. The van der Waals surface area contributed by atoms with Crippen molar-refractivity contribution in [3.8, 4) is 17.2 Å². The van der Waals surface area contributed by atoms with Crippen molar-refractivity contribution in [2.24, 2.45) is 11.8 Å². The first-order valence-electron chi connectivity index (χ1n) is 14.3. The molecule has 2 aliphatic heterocycles. The molecule has 0 radical (unpaired) electrons. The first-order valence-corrected chi connectivity index (χ1v) is 14.3. The lowest BCUT2D eigenvalue weighted by Gasteiger charge is -2.41. The van der Waals surface area contributed by atoms with Crippen molar-refractivity contribution in [2.45, 2.75) is 51.2 Å². The number of hydrogen-bond donors (Lipinski definition) is 1. The number of fused-ring (bicyclic) bond motifs is 1. The van der Waals surface area contributed by atoms with Crippen LogP contribution < -0.4 is 4.90 Å². The van der Waals surface area contributed by atoms with Gasteiger partial charge in [-0.1, -0.05) is 24.3 Å². The van der Waals surface area contributed by atoms with E-state index in [-0.39, 0.29) is 17.7 Å². The molecule has 39 heavy (non-hydrogen) atoms. The van der Waals surface area contributed by atoms with Crippen molar-refractivity contribution < 1.29 is 9.90 Å². The number of nitriles is 1. The summed E-state index contributed by atoms with van der Waals surface area (Å²) in [4.78, 5) is 19.5. The number of hydrogen-bond acceptors (Lipinski definition) is 6. The maximum Gasteiger partial charge on any atom is 0.225 e. The minimum absolute atomic E-state index is 0.0291. The van der Waals surface area contributed by atoms with Crippen LogP contribution in [-0.2, 0) is 10.4 Å². The van der Waals surface area contributed by atoms with E-state index in [1.54, 1.807) is 0 Å². The van der Waals surface area contributed by atoms with Gasteiger partial charge in [0.25, 0.3) is 0 Å². The van der Waals surface area contributed by atoms with Crippen LogP contribution in [0.4, 0.5) is 5.69 Å². The molecule has 1 aliphatic carbocycles. The van der Waals surface area contributed by atoms with Gasteiger partial charge in [0.2, 0.25) is 5.91 Å². The second-order valence-corrected chi connectivity index (χ2v) is 11.9. The number of piperazine rings is 1. The van der Waals surface area contributed by atoms with Gasteiger partial charge in [0, 0.05) is 68.6 Å². The molecular formula is C31H38N6O2. The van der Waals surface area contributed by atoms with Gasteiger partial charge >= 0.3 is 0 Å². The molecule has 204 valence electrons. The quantitative estimate of drug-likeness (QED) is 0.543. The number of aromatic nitrogens is 2. The third-order valence-corrected chi connectivity index (χ3v) is 9.07. The Bertz CT molecular complexity index is 1380. The number of carbonyl (C=O) groups is 1. The van der Waals surface area contributed by atoms with Crippen molar-refractivity contribution in [2.75, 3.05) is 44.2 Å². The van der Waals surface area contributed by atoms with Crippen molar-refractivity contribution in [1.82, 2.24) is 19.4 Å². The van der Waals surface area contributed by atoms with Gasteiger partial charge in [0.05, 0.1) is 17.3 Å². The number of anilines is 1. The summed E-state index contributed by atoms with van der Waals surface area (Å²) in [7, 11) is 0. The monoisotopic (exact) mass is 526 g/mol. The van der Waals surface area contributed by atoms with E-state index in [0.29, 0.717) is 38.5 Å². The van der Waals surface area contributed by atoms with E-state index in [1.165, 1.54) is 0 Å². The lowest BCUT2D eigenvalue weighted by Crippen LogP contribution is -2.52. The van der Waals surface area contributed by atoms with E-state index in [2.05, 4.69) is 77.4 Å². The number of rotatable bonds is 5. The molecule has 1 saturated carbocycles. The Labute approximate surface area is 230 Å². The number of piperidine rings is 1. The predicted molar refractivity (Wildman–Crippen MR) is 151 cm³/mol. The summed E-state index contributed by atoms with van der Waals surface area (Å²) in [6, 6.07) is 15.3. The normalized spacial score (nSPS) is 26.0. The lowest BCUT2D eigenvalue weighted by molar-refractivity contribution is -0.139. The Morgan fingerprint density at radius 3 is 2.51 bits per heavy atom. The first kappa shape index (κ1) is 25.8. The summed E-state index contributed by atoms with van der Waals surface area (Å²) in [5.74, 6) is 0.294. The molecule has 4 heterocycles. The van der Waals surface area contributed by atoms with Crippen LogP contribution in [0.1, 0.15) is 45.1 Å². The zero-order valence-corrected chi connectivity index (χ0v) is 23.0. The van der Waals surface area contributed by atoms with Gasteiger partial charge in [-0.2, -0.15) is 10.4 Å². The summed E-state index contributed by atoms with van der Waals surface area (Å²) in [5, 5.41) is 25.0. The summed E-state index contributed by atoms with van der Waals surface area (Å²) in [5.41, 5.74) is 4.54. The molecule has 2 saturated heterocycles. The number of carbonyl (C=O) groups excluding carboxylic acids is 1. The topological polar surface area (TPSA) is 88.1 Å². The van der Waals surface area contributed by atoms with Gasteiger partial charge in [-0.05, 0) is 69.3 Å². The molecule has 1 amide bonds. The Morgan fingerprint density at radius 1 is 1.08 bits per heavy atom. The van der Waals surface area contributed by atoms with Crippen molar-refractivity contribution in [3.63, 3.8) is 0 Å². The molecule has 3 fully saturated rings. The molecule has 8 nitrogen and oxygen atoms in total. The highest BCUT2D eigenvalue weighted by Gasteiger charge is 2.38. The number of likely N-dealkylation sites (tertiary alicyclic amines) is 1. The standard InChI is InChI=1S/C31H38N6O2/c1-22(2)36-11-3-9-31(39,21-36)27-6-4-24(5-7-27)26-18-29-28(8-10-33-37(29)20-26)34-12-14-35(15-13-34)30(38)25-16-23(17-25)19-32/h4-8,10,18,20,22-23,25,39H,3,9,11-17,21H2,1-2H3. The average molecular weight is 527 g/mol. The van der Waals surface area contributed by atoms with E-state index in [0.717, 1.165) is 60.4 Å². The van der Waals surface area contributed by atoms with E-state index >= 15 is 0 Å². The van der Waals surface area contributed by atoms with E-state index < -0.39 is 5.60 Å². The fourth-order valence-electron chi connectivity index (χ4n) is 6.49. The molecule has 1 unspecified atom stereocenters. The summed E-state index contributed by atoms with van der Waals surface area (Å²) in [6.07, 6.45) is 7.11. The van der Waals surface area contributed by atoms with Gasteiger partial charge in [-0.15, -0.1) is 0 Å². The molecule has 3 aliphatic rings. The zero-order chi connectivity index (χ0) is 27.1. The van der Waals surface area contributed by atoms with Gasteiger partial charge in [0.1, 0.15) is 5.60 Å². The lowest BCUT2D eigenvalue weighted by atomic mass is 9.75. The summed E-state index contributed by atoms with van der Waals surface area (Å²) in [6.45, 7) is 9.06. The third-order valence-electron chi connectivity index (χ3n) is 9.07. The van der Waals surface area contributed by atoms with Gasteiger partial charge in [0.15, 0.2) is 0 Å². The summed E-state index contributed by atoms with van der Waals surface area (Å²) >= 11 is 0. The Morgan fingerprint density at radius 2 is 1.82 bits per heavy atom. The van der Waals surface area contributed by atoms with Crippen LogP contribution in [0, 0.1) is 23.2 Å². The molecule has 8 heteroatoms. The molecule has 1 N–H and O–H groups in total. The second kappa shape index (κ2) is 10.3. The number of aliphatic hydroxyl groups is 1. The van der Waals surface area contributed by atoms with Gasteiger partial charge in [-0.3, -0.25) is 9.69 Å². The highest BCUT2D eigenvalue weighted by Crippen LogP contribution is 2.36. The Balaban J connectivity index is 1.16. The molecular weight excluding hydrogens is 488 g/mol. The van der Waals surface area contributed by atoms with Crippen molar-refractivity contribution in [3.05, 3.63) is 54.4 Å². The molecule has 3 aromatic rings. The van der Waals surface area contributed by atoms with Crippen LogP contribution in [0.5, 0.6) is 0 Å². The fraction of sp³-hybridized carbons (Fsp3) is 0.516. The zero-order valence-electron chi connectivity index (χ0n) is 23.0. The van der Waals surface area contributed by atoms with Crippen LogP contribution in [-0.4, -0.2) is 75.7 Å². The van der Waals surface area contributed by atoms with E-state index in [1.807, 2.05) is 15.6 Å². The second-order valence-electron chi connectivity index (χ2n) is 11.9. The molecule has 0 spiro atoms. The van der Waals surface area contributed by atoms with E-state index in [9.17, 15) is 9.90 Å². The van der Waals surface area contributed by atoms with E-state index in [4.69, 9.17) is 5.26 Å². The third kappa shape index (κ3) is 4.90. The smallest absolute Gasteiger partial charge is 0.225 e. The minimum atomic E-state index is -0.805. The number of nitrogens with zero attached hydrogens (tertiary/aromatic N) is 6. The fourth-order valence-corrected chi connectivity index (χ4v) is 6.49. The molecule has 2 aromatic heterocycles.